The van der Waals surface area contributed by atoms with E-state index in [0.29, 0.717) is 54.6 Å². The fourth-order valence-electron chi connectivity index (χ4n) is 5.24. The third kappa shape index (κ3) is 7.62. The smallest absolute Gasteiger partial charge is 0.278 e. The van der Waals surface area contributed by atoms with Crippen LogP contribution in [0.4, 0.5) is 5.69 Å². The Morgan fingerprint density at radius 2 is 1.44 bits per heavy atom. The molecule has 0 saturated carbocycles. The summed E-state index contributed by atoms with van der Waals surface area (Å²) in [5.41, 5.74) is 2.73. The van der Waals surface area contributed by atoms with Crippen molar-refractivity contribution < 1.29 is 28.3 Å². The fourth-order valence-corrected chi connectivity index (χ4v) is 5.45. The van der Waals surface area contributed by atoms with Crippen molar-refractivity contribution in [2.24, 2.45) is 0 Å². The molecule has 10 nitrogen and oxygen atoms in total. The molecule has 0 aliphatic carbocycles. The van der Waals surface area contributed by atoms with Crippen LogP contribution in [0.3, 0.4) is 0 Å². The molecule has 0 radical (unpaired) electrons. The minimum Gasteiger partial charge on any atom is -0.497 e. The lowest BCUT2D eigenvalue weighted by Gasteiger charge is -2.32. The van der Waals surface area contributed by atoms with Crippen molar-refractivity contribution in [1.82, 2.24) is 15.0 Å². The third-order valence-electron chi connectivity index (χ3n) is 8.03. The van der Waals surface area contributed by atoms with E-state index in [-0.39, 0.29) is 41.3 Å². The number of likely N-dealkylation sites (N-methyl/N-ethyl adjacent to an activating group) is 1. The number of carbonyl (C=O) groups excluding carboxylic acids is 2. The maximum Gasteiger partial charge on any atom is 0.278 e. The second-order valence-corrected chi connectivity index (χ2v) is 11.7. The Balaban J connectivity index is 1.40. The maximum absolute atomic E-state index is 13.8. The first-order valence-electron chi connectivity index (χ1n) is 15.5. The van der Waals surface area contributed by atoms with E-state index in [1.54, 1.807) is 48.4 Å². The number of nitrogens with one attached hydrogen (secondary N) is 1. The van der Waals surface area contributed by atoms with Crippen molar-refractivity contribution in [3.05, 3.63) is 124 Å². The highest BCUT2D eigenvalue weighted by molar-refractivity contribution is 6.32. The van der Waals surface area contributed by atoms with E-state index in [2.05, 4.69) is 15.4 Å². The maximum atomic E-state index is 13.8. The summed E-state index contributed by atoms with van der Waals surface area (Å²) in [6.45, 7) is 2.95. The average Bonchev–Trinajstić information content (AvgIpc) is 3.54. The van der Waals surface area contributed by atoms with Crippen molar-refractivity contribution in [3.63, 3.8) is 0 Å². The minimum absolute atomic E-state index is 0.0223. The summed E-state index contributed by atoms with van der Waals surface area (Å²) < 4.78 is 23.6. The summed E-state index contributed by atoms with van der Waals surface area (Å²) in [5.74, 6) is 0.658. The molecule has 0 unspecified atom stereocenters. The highest BCUT2D eigenvalue weighted by Crippen LogP contribution is 2.43. The average molecular weight is 667 g/mol. The van der Waals surface area contributed by atoms with Crippen LogP contribution >= 0.6 is 11.6 Å². The Hall–Kier alpha value is -5.32. The molecule has 2 amide bonds. The van der Waals surface area contributed by atoms with Gasteiger partial charge in [-0.1, -0.05) is 77.4 Å². The molecular weight excluding hydrogens is 632 g/mol. The van der Waals surface area contributed by atoms with Crippen molar-refractivity contribution in [2.45, 2.75) is 13.2 Å². The van der Waals surface area contributed by atoms with Gasteiger partial charge in [-0.2, -0.15) is 0 Å². The first-order valence-corrected chi connectivity index (χ1v) is 15.9. The zero-order valence-electron chi connectivity index (χ0n) is 26.6. The monoisotopic (exact) mass is 666 g/mol. The number of rotatable bonds is 11. The number of hydrogen-bond donors (Lipinski definition) is 1. The Bertz CT molecular complexity index is 1860. The number of amides is 2. The van der Waals surface area contributed by atoms with Gasteiger partial charge in [-0.15, -0.1) is 0 Å². The van der Waals surface area contributed by atoms with Crippen molar-refractivity contribution >= 4 is 29.1 Å². The van der Waals surface area contributed by atoms with E-state index < -0.39 is 5.91 Å². The first-order chi connectivity index (χ1) is 23.4. The first kappa shape index (κ1) is 32.6. The molecule has 1 aromatic heterocycles. The molecule has 1 fully saturated rings. The number of hydrogen-bond acceptors (Lipinski definition) is 8. The zero-order chi connectivity index (χ0) is 33.5. The topological polar surface area (TPSA) is 106 Å². The summed E-state index contributed by atoms with van der Waals surface area (Å²) in [7, 11) is 3.56. The largest absolute Gasteiger partial charge is 0.497 e. The number of nitrogens with zero attached hydrogens (tertiary/aromatic N) is 3. The SMILES string of the molecule is COc1ccc(C(=O)Nc2c(C(=O)N3CCN(C)CC3)noc2-c2cc(Cl)c(OCc3ccccc3)cc2OCc2ccccc2)cc1. The molecule has 1 N–H and O–H groups in total. The molecule has 0 spiro atoms. The molecule has 1 aliphatic heterocycles. The van der Waals surface area contributed by atoms with Crippen molar-refractivity contribution in [3.8, 4) is 28.6 Å². The molecule has 1 saturated heterocycles. The summed E-state index contributed by atoms with van der Waals surface area (Å²) >= 11 is 6.80. The molecule has 5 aromatic rings. The van der Waals surface area contributed by atoms with Gasteiger partial charge in [0.25, 0.3) is 11.8 Å². The molecule has 0 bridgehead atoms. The number of aromatic nitrogens is 1. The Kier molecular flexibility index (Phi) is 10.2. The molecule has 246 valence electrons. The molecule has 48 heavy (non-hydrogen) atoms. The molecule has 6 rings (SSSR count). The molecule has 4 aromatic carbocycles. The van der Waals surface area contributed by atoms with E-state index in [4.69, 9.17) is 30.3 Å². The Morgan fingerprint density at radius 3 is 2.04 bits per heavy atom. The fraction of sp³-hybridized carbons (Fsp3) is 0.216. The van der Waals surface area contributed by atoms with Crippen LogP contribution in [0.15, 0.2) is 102 Å². The summed E-state index contributed by atoms with van der Waals surface area (Å²) in [4.78, 5) is 31.3. The number of piperazine rings is 1. The number of benzene rings is 4. The van der Waals surface area contributed by atoms with Crippen LogP contribution in [-0.4, -0.2) is 67.1 Å². The van der Waals surface area contributed by atoms with Crippen LogP contribution in [-0.2, 0) is 13.2 Å². The number of anilines is 1. The summed E-state index contributed by atoms with van der Waals surface area (Å²) in [6, 6.07) is 29.4. The summed E-state index contributed by atoms with van der Waals surface area (Å²) in [6.07, 6.45) is 0. The van der Waals surface area contributed by atoms with Gasteiger partial charge in [0.05, 0.1) is 17.7 Å². The predicted octanol–water partition coefficient (Wildman–Crippen LogP) is 6.80. The van der Waals surface area contributed by atoms with Gasteiger partial charge in [0, 0.05) is 37.8 Å². The molecule has 2 heterocycles. The quantitative estimate of drug-likeness (QED) is 0.164. The zero-order valence-corrected chi connectivity index (χ0v) is 27.4. The Labute approximate surface area is 283 Å². The van der Waals surface area contributed by atoms with E-state index >= 15 is 0 Å². The van der Waals surface area contributed by atoms with E-state index in [0.717, 1.165) is 11.1 Å². The van der Waals surface area contributed by atoms with Gasteiger partial charge in [0.1, 0.15) is 36.1 Å². The van der Waals surface area contributed by atoms with Crippen molar-refractivity contribution in [2.75, 3.05) is 45.7 Å². The lowest BCUT2D eigenvalue weighted by Crippen LogP contribution is -2.47. The van der Waals surface area contributed by atoms with Gasteiger partial charge in [0.15, 0.2) is 11.5 Å². The highest BCUT2D eigenvalue weighted by Gasteiger charge is 2.31. The van der Waals surface area contributed by atoms with Gasteiger partial charge < -0.3 is 33.9 Å². The standard InChI is InChI=1S/C37H35ClN4O6/c1-41-17-19-42(20-18-41)37(44)34-33(39-36(43)27-13-15-28(45-2)16-14-27)35(48-40-34)29-21-30(38)32(47-24-26-11-7-4-8-12-26)22-31(29)46-23-25-9-5-3-6-10-25/h3-16,21-22H,17-20,23-24H2,1-2H3,(H,39,43). The van der Waals surface area contributed by atoms with E-state index in [9.17, 15) is 9.59 Å². The number of methoxy groups -OCH3 is 1. The van der Waals surface area contributed by atoms with E-state index in [1.165, 1.54) is 0 Å². The minimum atomic E-state index is -0.463. The van der Waals surface area contributed by atoms with Crippen LogP contribution in [0.5, 0.6) is 17.2 Å². The number of ether oxygens (including phenoxy) is 3. The number of carbonyl (C=O) groups is 2. The van der Waals surface area contributed by atoms with Crippen LogP contribution in [0.2, 0.25) is 5.02 Å². The molecule has 0 atom stereocenters. The molecular formula is C37H35ClN4O6. The highest BCUT2D eigenvalue weighted by atomic mass is 35.5. The lowest BCUT2D eigenvalue weighted by atomic mass is 10.1. The third-order valence-corrected chi connectivity index (χ3v) is 8.32. The lowest BCUT2D eigenvalue weighted by molar-refractivity contribution is 0.0655. The molecule has 1 aliphatic rings. The van der Waals surface area contributed by atoms with Crippen molar-refractivity contribution in [1.29, 1.82) is 0 Å². The van der Waals surface area contributed by atoms with E-state index in [1.807, 2.05) is 67.7 Å². The number of halogens is 1. The summed E-state index contributed by atoms with van der Waals surface area (Å²) in [5, 5.41) is 7.38. The second-order valence-electron chi connectivity index (χ2n) is 11.3. The van der Waals surface area contributed by atoms with Gasteiger partial charge in [-0.25, -0.2) is 0 Å². The van der Waals surface area contributed by atoms with Crippen LogP contribution in [0.25, 0.3) is 11.3 Å². The van der Waals surface area contributed by atoms with Crippen LogP contribution in [0.1, 0.15) is 32.0 Å². The normalized spacial score (nSPS) is 13.2. The van der Waals surface area contributed by atoms with Gasteiger partial charge in [-0.05, 0) is 48.5 Å². The second kappa shape index (κ2) is 15.1. The Morgan fingerprint density at radius 1 is 0.833 bits per heavy atom. The van der Waals surface area contributed by atoms with Gasteiger partial charge in [-0.3, -0.25) is 9.59 Å². The van der Waals surface area contributed by atoms with Crippen LogP contribution in [0, 0.1) is 0 Å². The predicted molar refractivity (Wildman–Crippen MR) is 183 cm³/mol. The van der Waals surface area contributed by atoms with Gasteiger partial charge in [0.2, 0.25) is 0 Å². The molecule has 11 heteroatoms. The van der Waals surface area contributed by atoms with Gasteiger partial charge >= 0.3 is 0 Å². The van der Waals surface area contributed by atoms with Crippen LogP contribution < -0.4 is 19.5 Å².